The Hall–Kier alpha value is -0.570. The Labute approximate surface area is 99.2 Å². The van der Waals surface area contributed by atoms with Gasteiger partial charge in [0.1, 0.15) is 0 Å². The molecule has 0 aliphatic heterocycles. The van der Waals surface area contributed by atoms with Gasteiger partial charge in [0, 0.05) is 13.2 Å². The first-order valence-corrected chi connectivity index (χ1v) is 6.23. The fraction of sp³-hybridized carbons (Fsp3) is 0.923. The first kappa shape index (κ1) is 15.4. The molecule has 0 radical (unpaired) electrons. The van der Waals surface area contributed by atoms with Crippen LogP contribution in [0.4, 0.5) is 0 Å². The molecule has 96 valence electrons. The Morgan fingerprint density at radius 3 is 2.38 bits per heavy atom. The molecule has 1 N–H and O–H groups in total. The van der Waals surface area contributed by atoms with E-state index in [1.807, 2.05) is 13.8 Å². The second kappa shape index (κ2) is 7.66. The maximum Gasteiger partial charge on any atom is 0.309 e. The van der Waals surface area contributed by atoms with Gasteiger partial charge in [0.25, 0.3) is 0 Å². The third kappa shape index (κ3) is 6.11. The van der Waals surface area contributed by atoms with E-state index in [1.54, 1.807) is 0 Å². The van der Waals surface area contributed by atoms with Gasteiger partial charge >= 0.3 is 5.97 Å². The zero-order valence-electron chi connectivity index (χ0n) is 11.1. The number of rotatable bonds is 9. The van der Waals surface area contributed by atoms with Crippen LogP contribution in [0.25, 0.3) is 0 Å². The van der Waals surface area contributed by atoms with E-state index in [4.69, 9.17) is 9.84 Å². The molecule has 0 spiro atoms. The summed E-state index contributed by atoms with van der Waals surface area (Å²) in [5.41, 5.74) is -0.618. The van der Waals surface area contributed by atoms with Crippen molar-refractivity contribution in [3.05, 3.63) is 0 Å². The third-order valence-electron chi connectivity index (χ3n) is 2.96. The maximum atomic E-state index is 11.1. The lowest BCUT2D eigenvalue weighted by Crippen LogP contribution is -2.29. The highest BCUT2D eigenvalue weighted by atomic mass is 16.5. The van der Waals surface area contributed by atoms with Crippen LogP contribution in [-0.2, 0) is 9.53 Å². The van der Waals surface area contributed by atoms with Crippen molar-refractivity contribution >= 4 is 5.97 Å². The van der Waals surface area contributed by atoms with Crippen LogP contribution in [0.2, 0.25) is 0 Å². The quantitative estimate of drug-likeness (QED) is 0.618. The van der Waals surface area contributed by atoms with Crippen molar-refractivity contribution in [3.8, 4) is 0 Å². The van der Waals surface area contributed by atoms with Gasteiger partial charge in [-0.05, 0) is 32.1 Å². The summed E-state index contributed by atoms with van der Waals surface area (Å²) in [6.45, 7) is 9.42. The second-order valence-electron chi connectivity index (χ2n) is 5.16. The number of aliphatic carboxylic acids is 1. The summed E-state index contributed by atoms with van der Waals surface area (Å²) in [6.07, 6.45) is 3.26. The molecule has 0 saturated carbocycles. The molecule has 16 heavy (non-hydrogen) atoms. The normalized spacial score (nSPS) is 15.1. The summed E-state index contributed by atoms with van der Waals surface area (Å²) < 4.78 is 5.47. The van der Waals surface area contributed by atoms with E-state index < -0.39 is 11.4 Å². The zero-order chi connectivity index (χ0) is 12.6. The summed E-state index contributed by atoms with van der Waals surface area (Å²) in [5.74, 6) is -0.0664. The van der Waals surface area contributed by atoms with Crippen LogP contribution in [0, 0.1) is 11.3 Å². The number of carboxylic acid groups (broad SMARTS) is 1. The van der Waals surface area contributed by atoms with E-state index in [9.17, 15) is 4.79 Å². The van der Waals surface area contributed by atoms with Gasteiger partial charge in [-0.1, -0.05) is 27.2 Å². The smallest absolute Gasteiger partial charge is 0.309 e. The van der Waals surface area contributed by atoms with E-state index in [2.05, 4.69) is 13.8 Å². The van der Waals surface area contributed by atoms with E-state index in [-0.39, 0.29) is 0 Å². The number of hydrogen-bond acceptors (Lipinski definition) is 2. The average Bonchev–Trinajstić information content (AvgIpc) is 2.17. The molecule has 0 aromatic carbocycles. The highest BCUT2D eigenvalue weighted by Crippen LogP contribution is 2.27. The molecule has 0 aromatic rings. The molecule has 0 heterocycles. The number of carbonyl (C=O) groups is 1. The van der Waals surface area contributed by atoms with E-state index in [1.165, 1.54) is 0 Å². The number of carboxylic acids is 1. The molecule has 1 unspecified atom stereocenters. The minimum atomic E-state index is -0.707. The summed E-state index contributed by atoms with van der Waals surface area (Å²) in [6, 6.07) is 0. The van der Waals surface area contributed by atoms with Crippen LogP contribution in [0.3, 0.4) is 0 Å². The number of ether oxygens (including phenoxy) is 1. The highest BCUT2D eigenvalue weighted by molar-refractivity contribution is 5.74. The van der Waals surface area contributed by atoms with E-state index in [0.29, 0.717) is 18.9 Å². The van der Waals surface area contributed by atoms with Crippen molar-refractivity contribution in [1.29, 1.82) is 0 Å². The van der Waals surface area contributed by atoms with E-state index >= 15 is 0 Å². The molecule has 0 aromatic heterocycles. The lowest BCUT2D eigenvalue weighted by molar-refractivity contribution is -0.149. The molecular weight excluding hydrogens is 204 g/mol. The SMILES string of the molecule is CCCC(C)(CCOCCC(C)C)C(=O)O. The Balaban J connectivity index is 3.81. The fourth-order valence-electron chi connectivity index (χ4n) is 1.61. The van der Waals surface area contributed by atoms with Crippen molar-refractivity contribution in [2.24, 2.45) is 11.3 Å². The van der Waals surface area contributed by atoms with Crippen molar-refractivity contribution in [2.45, 2.75) is 53.4 Å². The molecule has 0 aliphatic rings. The maximum absolute atomic E-state index is 11.1. The van der Waals surface area contributed by atoms with Crippen LogP contribution in [0.1, 0.15) is 53.4 Å². The van der Waals surface area contributed by atoms with Crippen LogP contribution < -0.4 is 0 Å². The monoisotopic (exact) mass is 230 g/mol. The Morgan fingerprint density at radius 2 is 1.94 bits per heavy atom. The third-order valence-corrected chi connectivity index (χ3v) is 2.96. The van der Waals surface area contributed by atoms with E-state index in [0.717, 1.165) is 25.9 Å². The van der Waals surface area contributed by atoms with Crippen LogP contribution >= 0.6 is 0 Å². The Morgan fingerprint density at radius 1 is 1.31 bits per heavy atom. The molecule has 3 nitrogen and oxygen atoms in total. The van der Waals surface area contributed by atoms with Gasteiger partial charge < -0.3 is 9.84 Å². The summed E-state index contributed by atoms with van der Waals surface area (Å²) >= 11 is 0. The van der Waals surface area contributed by atoms with Crippen molar-refractivity contribution < 1.29 is 14.6 Å². The lowest BCUT2D eigenvalue weighted by atomic mass is 9.83. The predicted octanol–water partition coefficient (Wildman–Crippen LogP) is 3.33. The molecule has 0 fully saturated rings. The van der Waals surface area contributed by atoms with Crippen LogP contribution in [0.15, 0.2) is 0 Å². The molecule has 0 bridgehead atoms. The highest BCUT2D eigenvalue weighted by Gasteiger charge is 2.31. The summed E-state index contributed by atoms with van der Waals surface area (Å²) in [5, 5.41) is 9.15. The van der Waals surface area contributed by atoms with Crippen molar-refractivity contribution in [3.63, 3.8) is 0 Å². The van der Waals surface area contributed by atoms with Gasteiger partial charge in [-0.2, -0.15) is 0 Å². The van der Waals surface area contributed by atoms with Crippen molar-refractivity contribution in [2.75, 3.05) is 13.2 Å². The Kier molecular flexibility index (Phi) is 7.39. The average molecular weight is 230 g/mol. The summed E-state index contributed by atoms with van der Waals surface area (Å²) in [7, 11) is 0. The standard InChI is InChI=1S/C13H26O3/c1-5-7-13(4,12(14)15)8-10-16-9-6-11(2)3/h11H,5-10H2,1-4H3,(H,14,15). The van der Waals surface area contributed by atoms with Crippen LogP contribution in [-0.4, -0.2) is 24.3 Å². The van der Waals surface area contributed by atoms with Gasteiger partial charge in [0.15, 0.2) is 0 Å². The molecular formula is C13H26O3. The topological polar surface area (TPSA) is 46.5 Å². The van der Waals surface area contributed by atoms with Gasteiger partial charge in [0.05, 0.1) is 5.41 Å². The van der Waals surface area contributed by atoms with Gasteiger partial charge in [-0.3, -0.25) is 4.79 Å². The van der Waals surface area contributed by atoms with Crippen LogP contribution in [0.5, 0.6) is 0 Å². The molecule has 0 rings (SSSR count). The minimum Gasteiger partial charge on any atom is -0.481 e. The Bertz CT molecular complexity index is 201. The second-order valence-corrected chi connectivity index (χ2v) is 5.16. The minimum absolute atomic E-state index is 0.551. The first-order valence-electron chi connectivity index (χ1n) is 6.23. The van der Waals surface area contributed by atoms with Gasteiger partial charge in [-0.25, -0.2) is 0 Å². The molecule has 0 aliphatic carbocycles. The predicted molar refractivity (Wildman–Crippen MR) is 65.5 cm³/mol. The lowest BCUT2D eigenvalue weighted by Gasteiger charge is -2.24. The molecule has 0 amide bonds. The molecule has 3 heteroatoms. The number of hydrogen-bond donors (Lipinski definition) is 1. The summed E-state index contributed by atoms with van der Waals surface area (Å²) in [4.78, 5) is 11.1. The van der Waals surface area contributed by atoms with Gasteiger partial charge in [0.2, 0.25) is 0 Å². The van der Waals surface area contributed by atoms with Crippen molar-refractivity contribution in [1.82, 2.24) is 0 Å². The largest absolute Gasteiger partial charge is 0.481 e. The zero-order valence-corrected chi connectivity index (χ0v) is 11.1. The first-order chi connectivity index (χ1) is 7.42. The molecule has 0 saturated heterocycles. The fourth-order valence-corrected chi connectivity index (χ4v) is 1.61. The van der Waals surface area contributed by atoms with Gasteiger partial charge in [-0.15, -0.1) is 0 Å². The molecule has 1 atom stereocenters.